The minimum absolute atomic E-state index is 0. The lowest BCUT2D eigenvalue weighted by atomic mass is 10.2. The van der Waals surface area contributed by atoms with Crippen LogP contribution < -0.4 is 15.4 Å². The van der Waals surface area contributed by atoms with E-state index in [2.05, 4.69) is 15.6 Å². The summed E-state index contributed by atoms with van der Waals surface area (Å²) >= 11 is 0. The summed E-state index contributed by atoms with van der Waals surface area (Å²) in [4.78, 5) is 5.37. The molecule has 0 bridgehead atoms. The molecule has 0 aromatic heterocycles. The molecule has 9 heteroatoms. The minimum Gasteiger partial charge on any atom is -0.494 e. The van der Waals surface area contributed by atoms with Gasteiger partial charge in [-0.25, -0.2) is 0 Å². The van der Waals surface area contributed by atoms with Crippen molar-refractivity contribution in [3.8, 4) is 5.75 Å². The summed E-state index contributed by atoms with van der Waals surface area (Å²) in [5.74, 6) is 1.42. The number of nitrogens with zero attached hydrogens (tertiary/aromatic N) is 2. The molecule has 0 radical (unpaired) electrons. The van der Waals surface area contributed by atoms with E-state index in [4.69, 9.17) is 4.74 Å². The molecule has 0 spiro atoms. The molecule has 2 N–H and O–H groups in total. The highest BCUT2D eigenvalue weighted by Crippen LogP contribution is 2.17. The van der Waals surface area contributed by atoms with E-state index in [0.29, 0.717) is 38.6 Å². The molecule has 1 aromatic rings. The third-order valence-electron chi connectivity index (χ3n) is 3.40. The number of hydrogen-bond donors (Lipinski definition) is 2. The van der Waals surface area contributed by atoms with Gasteiger partial charge in [-0.1, -0.05) is 18.2 Å². The van der Waals surface area contributed by atoms with Crippen LogP contribution >= 0.6 is 24.0 Å². The highest BCUT2D eigenvalue weighted by molar-refractivity contribution is 14.0. The fourth-order valence-electron chi connectivity index (χ4n) is 2.29. The minimum atomic E-state index is -4.16. The van der Waals surface area contributed by atoms with Crippen LogP contribution in [-0.2, 0) is 6.54 Å². The highest BCUT2D eigenvalue weighted by Gasteiger charge is 2.28. The first-order valence-corrected chi connectivity index (χ1v) is 8.26. The molecule has 0 saturated heterocycles. The van der Waals surface area contributed by atoms with Crippen LogP contribution in [-0.4, -0.2) is 57.4 Å². The molecule has 5 nitrogen and oxygen atoms in total. The van der Waals surface area contributed by atoms with Crippen LogP contribution in [0.2, 0.25) is 0 Å². The standard InChI is InChI=1S/C17H27F3N4O.HI/c1-4-25-15-9-6-5-8-14(15)12-23-16(21-2)22-10-7-11-24(3)13-17(18,19)20;/h5-6,8-9H,4,7,10-13H2,1-3H3,(H2,21,22,23);1H. The summed E-state index contributed by atoms with van der Waals surface area (Å²) < 4.78 is 42.3. The zero-order chi connectivity index (χ0) is 18.7. The van der Waals surface area contributed by atoms with Crippen molar-refractivity contribution in [3.63, 3.8) is 0 Å². The molecule has 1 rings (SSSR count). The average Bonchev–Trinajstić information content (AvgIpc) is 2.54. The third-order valence-corrected chi connectivity index (χ3v) is 3.40. The van der Waals surface area contributed by atoms with Crippen molar-refractivity contribution in [2.24, 2.45) is 4.99 Å². The van der Waals surface area contributed by atoms with Crippen molar-refractivity contribution in [3.05, 3.63) is 29.8 Å². The zero-order valence-electron chi connectivity index (χ0n) is 15.4. The van der Waals surface area contributed by atoms with Gasteiger partial charge in [0, 0.05) is 25.7 Å². The van der Waals surface area contributed by atoms with Crippen LogP contribution in [0, 0.1) is 0 Å². The molecule has 0 amide bonds. The molecule has 0 unspecified atom stereocenters. The van der Waals surface area contributed by atoms with E-state index < -0.39 is 12.7 Å². The van der Waals surface area contributed by atoms with Crippen molar-refractivity contribution < 1.29 is 17.9 Å². The number of ether oxygens (including phenoxy) is 1. The quantitative estimate of drug-likeness (QED) is 0.243. The van der Waals surface area contributed by atoms with Gasteiger partial charge in [-0.15, -0.1) is 24.0 Å². The summed E-state index contributed by atoms with van der Waals surface area (Å²) in [5.41, 5.74) is 1.01. The monoisotopic (exact) mass is 488 g/mol. The zero-order valence-corrected chi connectivity index (χ0v) is 17.7. The summed E-state index contributed by atoms with van der Waals surface area (Å²) in [6.45, 7) is 3.07. The Balaban J connectivity index is 0.00000625. The van der Waals surface area contributed by atoms with E-state index >= 15 is 0 Å². The largest absolute Gasteiger partial charge is 0.494 e. The molecule has 0 saturated carbocycles. The number of guanidine groups is 1. The Morgan fingerprint density at radius 3 is 2.54 bits per heavy atom. The van der Waals surface area contributed by atoms with Crippen molar-refractivity contribution in [2.45, 2.75) is 26.1 Å². The number of halogens is 4. The molecule has 0 fully saturated rings. The predicted octanol–water partition coefficient (Wildman–Crippen LogP) is 3.25. The molecule has 0 atom stereocenters. The lowest BCUT2D eigenvalue weighted by molar-refractivity contribution is -0.143. The number of para-hydroxylation sites is 1. The molecule has 0 aliphatic carbocycles. The van der Waals surface area contributed by atoms with Gasteiger partial charge in [0.2, 0.25) is 0 Å². The van der Waals surface area contributed by atoms with Gasteiger partial charge >= 0.3 is 6.18 Å². The maximum absolute atomic E-state index is 12.3. The van der Waals surface area contributed by atoms with Crippen LogP contribution in [0.4, 0.5) is 13.2 Å². The van der Waals surface area contributed by atoms with Gasteiger partial charge in [0.05, 0.1) is 13.2 Å². The van der Waals surface area contributed by atoms with Crippen LogP contribution in [0.5, 0.6) is 5.75 Å². The Morgan fingerprint density at radius 1 is 1.23 bits per heavy atom. The first-order valence-electron chi connectivity index (χ1n) is 8.26. The lowest BCUT2D eigenvalue weighted by Gasteiger charge is -2.19. The predicted molar refractivity (Wildman–Crippen MR) is 109 cm³/mol. The molecular formula is C17H28F3IN4O. The maximum Gasteiger partial charge on any atom is 0.401 e. The lowest BCUT2D eigenvalue weighted by Crippen LogP contribution is -2.39. The van der Waals surface area contributed by atoms with Gasteiger partial charge in [0.15, 0.2) is 5.96 Å². The number of alkyl halides is 3. The maximum atomic E-state index is 12.3. The van der Waals surface area contributed by atoms with Crippen molar-refractivity contribution >= 4 is 29.9 Å². The average molecular weight is 488 g/mol. The smallest absolute Gasteiger partial charge is 0.401 e. The second kappa shape index (κ2) is 13.0. The third kappa shape index (κ3) is 10.7. The van der Waals surface area contributed by atoms with Gasteiger partial charge in [-0.2, -0.15) is 13.2 Å². The van der Waals surface area contributed by atoms with E-state index in [1.54, 1.807) is 7.05 Å². The van der Waals surface area contributed by atoms with Crippen LogP contribution in [0.3, 0.4) is 0 Å². The van der Waals surface area contributed by atoms with Gasteiger partial charge in [0.1, 0.15) is 5.75 Å². The van der Waals surface area contributed by atoms with Crippen LogP contribution in [0.15, 0.2) is 29.3 Å². The highest BCUT2D eigenvalue weighted by atomic mass is 127. The fourth-order valence-corrected chi connectivity index (χ4v) is 2.29. The Hall–Kier alpha value is -1.23. The second-order valence-corrected chi connectivity index (χ2v) is 5.60. The van der Waals surface area contributed by atoms with E-state index in [0.717, 1.165) is 11.3 Å². The molecule has 0 heterocycles. The number of benzene rings is 1. The Morgan fingerprint density at radius 2 is 1.92 bits per heavy atom. The Bertz CT molecular complexity index is 541. The number of aliphatic imine (C=N–C) groups is 1. The normalized spacial score (nSPS) is 11.9. The van der Waals surface area contributed by atoms with Crippen molar-refractivity contribution in [1.29, 1.82) is 0 Å². The van der Waals surface area contributed by atoms with Gasteiger partial charge < -0.3 is 15.4 Å². The first-order chi connectivity index (χ1) is 11.9. The van der Waals surface area contributed by atoms with E-state index in [1.807, 2.05) is 31.2 Å². The SMILES string of the molecule is CCOc1ccccc1CNC(=NC)NCCCN(C)CC(F)(F)F.I. The van der Waals surface area contributed by atoms with E-state index in [9.17, 15) is 13.2 Å². The molecule has 1 aromatic carbocycles. The topological polar surface area (TPSA) is 48.9 Å². The molecule has 26 heavy (non-hydrogen) atoms. The summed E-state index contributed by atoms with van der Waals surface area (Å²) in [6.07, 6.45) is -3.57. The van der Waals surface area contributed by atoms with Crippen LogP contribution in [0.1, 0.15) is 18.9 Å². The summed E-state index contributed by atoms with van der Waals surface area (Å²) in [7, 11) is 3.12. The van der Waals surface area contributed by atoms with E-state index in [-0.39, 0.29) is 24.0 Å². The number of rotatable bonds is 9. The Kier molecular flexibility index (Phi) is 12.4. The van der Waals surface area contributed by atoms with Crippen LogP contribution in [0.25, 0.3) is 0 Å². The second-order valence-electron chi connectivity index (χ2n) is 5.60. The van der Waals surface area contributed by atoms with Gasteiger partial charge in [0.25, 0.3) is 0 Å². The van der Waals surface area contributed by atoms with Gasteiger partial charge in [-0.05, 0) is 33.0 Å². The number of hydrogen-bond acceptors (Lipinski definition) is 3. The fraction of sp³-hybridized carbons (Fsp3) is 0.588. The molecule has 150 valence electrons. The molecular weight excluding hydrogens is 460 g/mol. The van der Waals surface area contributed by atoms with Crippen molar-refractivity contribution in [1.82, 2.24) is 15.5 Å². The summed E-state index contributed by atoms with van der Waals surface area (Å²) in [5, 5.41) is 6.28. The van der Waals surface area contributed by atoms with E-state index in [1.165, 1.54) is 11.9 Å². The number of nitrogens with one attached hydrogen (secondary N) is 2. The summed E-state index contributed by atoms with van der Waals surface area (Å²) in [6, 6.07) is 7.73. The Labute approximate surface area is 170 Å². The molecule has 0 aliphatic heterocycles. The molecule has 0 aliphatic rings. The van der Waals surface area contributed by atoms with Gasteiger partial charge in [-0.3, -0.25) is 9.89 Å². The first kappa shape index (κ1) is 24.8. The van der Waals surface area contributed by atoms with Crippen molar-refractivity contribution in [2.75, 3.05) is 40.3 Å².